The first-order valence-electron chi connectivity index (χ1n) is 6.56. The molecule has 1 aliphatic heterocycles. The molecule has 2 N–H and O–H groups in total. The number of benzene rings is 1. The Morgan fingerprint density at radius 1 is 1.25 bits per heavy atom. The molecule has 0 radical (unpaired) electrons. The van der Waals surface area contributed by atoms with Crippen molar-refractivity contribution >= 4 is 17.5 Å². The van der Waals surface area contributed by atoms with E-state index in [-0.39, 0.29) is 24.1 Å². The van der Waals surface area contributed by atoms with Gasteiger partial charge >= 0.3 is 0 Å². The van der Waals surface area contributed by atoms with E-state index in [9.17, 15) is 14.0 Å². The molecule has 2 amide bonds. The van der Waals surface area contributed by atoms with E-state index in [2.05, 4.69) is 10.6 Å². The lowest BCUT2D eigenvalue weighted by molar-refractivity contribution is -0.129. The van der Waals surface area contributed by atoms with Crippen LogP contribution in [0.1, 0.15) is 12.8 Å². The second-order valence-electron chi connectivity index (χ2n) is 4.63. The molecule has 0 spiro atoms. The van der Waals surface area contributed by atoms with Crippen LogP contribution in [-0.2, 0) is 14.3 Å². The van der Waals surface area contributed by atoms with Crippen molar-refractivity contribution in [3.05, 3.63) is 30.1 Å². The molecule has 5 nitrogen and oxygen atoms in total. The van der Waals surface area contributed by atoms with Crippen LogP contribution in [0.25, 0.3) is 0 Å². The average Bonchev–Trinajstić information content (AvgIpc) is 2.48. The molecular weight excluding hydrogens is 263 g/mol. The van der Waals surface area contributed by atoms with Gasteiger partial charge in [0.2, 0.25) is 11.8 Å². The quantitative estimate of drug-likeness (QED) is 0.873. The van der Waals surface area contributed by atoms with Crippen molar-refractivity contribution in [3.63, 3.8) is 0 Å². The van der Waals surface area contributed by atoms with E-state index >= 15 is 0 Å². The standard InChI is InChI=1S/C14H17FN2O3/c15-11-3-1-2-4-12(11)17-13(18)9-16-14(19)10-5-7-20-8-6-10/h1-4,10H,5-9H2,(H,16,19)(H,17,18). The van der Waals surface area contributed by atoms with Crippen molar-refractivity contribution in [2.45, 2.75) is 12.8 Å². The third-order valence-electron chi connectivity index (χ3n) is 3.16. The summed E-state index contributed by atoms with van der Waals surface area (Å²) in [6, 6.07) is 5.89. The highest BCUT2D eigenvalue weighted by molar-refractivity contribution is 5.94. The van der Waals surface area contributed by atoms with Crippen LogP contribution in [0.2, 0.25) is 0 Å². The molecule has 1 aromatic rings. The molecule has 108 valence electrons. The van der Waals surface area contributed by atoms with Crippen LogP contribution >= 0.6 is 0 Å². The van der Waals surface area contributed by atoms with E-state index in [1.54, 1.807) is 6.07 Å². The number of hydrogen-bond acceptors (Lipinski definition) is 3. The number of nitrogens with one attached hydrogen (secondary N) is 2. The lowest BCUT2D eigenvalue weighted by Crippen LogP contribution is -2.38. The summed E-state index contributed by atoms with van der Waals surface area (Å²) in [4.78, 5) is 23.4. The summed E-state index contributed by atoms with van der Waals surface area (Å²) in [6.45, 7) is 0.976. The van der Waals surface area contributed by atoms with Gasteiger partial charge in [0.25, 0.3) is 0 Å². The van der Waals surface area contributed by atoms with Gasteiger partial charge in [0.05, 0.1) is 12.2 Å². The van der Waals surface area contributed by atoms with E-state index in [1.165, 1.54) is 18.2 Å². The molecule has 0 bridgehead atoms. The van der Waals surface area contributed by atoms with Gasteiger partial charge in [0, 0.05) is 19.1 Å². The molecule has 0 unspecified atom stereocenters. The fraction of sp³-hybridized carbons (Fsp3) is 0.429. The smallest absolute Gasteiger partial charge is 0.243 e. The predicted octanol–water partition coefficient (Wildman–Crippen LogP) is 1.31. The molecule has 0 aliphatic carbocycles. The third-order valence-corrected chi connectivity index (χ3v) is 3.16. The molecule has 1 fully saturated rings. The molecule has 1 saturated heterocycles. The lowest BCUT2D eigenvalue weighted by Gasteiger charge is -2.21. The van der Waals surface area contributed by atoms with E-state index in [4.69, 9.17) is 4.74 Å². The van der Waals surface area contributed by atoms with Gasteiger partial charge in [-0.15, -0.1) is 0 Å². The number of ether oxygens (including phenoxy) is 1. The van der Waals surface area contributed by atoms with E-state index in [0.717, 1.165) is 0 Å². The maximum Gasteiger partial charge on any atom is 0.243 e. The number of para-hydroxylation sites is 1. The van der Waals surface area contributed by atoms with Crippen molar-refractivity contribution in [2.75, 3.05) is 25.1 Å². The van der Waals surface area contributed by atoms with Crippen molar-refractivity contribution < 1.29 is 18.7 Å². The zero-order chi connectivity index (χ0) is 14.4. The average molecular weight is 280 g/mol. The van der Waals surface area contributed by atoms with Crippen LogP contribution in [0.4, 0.5) is 10.1 Å². The molecule has 0 aromatic heterocycles. The number of halogens is 1. The molecule has 6 heteroatoms. The van der Waals surface area contributed by atoms with Crippen molar-refractivity contribution in [2.24, 2.45) is 5.92 Å². The third kappa shape index (κ3) is 4.03. The van der Waals surface area contributed by atoms with Gasteiger partial charge < -0.3 is 15.4 Å². The first-order valence-corrected chi connectivity index (χ1v) is 6.56. The van der Waals surface area contributed by atoms with Crippen LogP contribution < -0.4 is 10.6 Å². The van der Waals surface area contributed by atoms with Gasteiger partial charge in [-0.2, -0.15) is 0 Å². The van der Waals surface area contributed by atoms with Gasteiger partial charge in [-0.05, 0) is 25.0 Å². The second kappa shape index (κ2) is 7.00. The number of carbonyl (C=O) groups is 2. The molecule has 1 aliphatic rings. The molecular formula is C14H17FN2O3. The van der Waals surface area contributed by atoms with Crippen molar-refractivity contribution in [1.82, 2.24) is 5.32 Å². The summed E-state index contributed by atoms with van der Waals surface area (Å²) >= 11 is 0. The molecule has 2 rings (SSSR count). The molecule has 20 heavy (non-hydrogen) atoms. The summed E-state index contributed by atoms with van der Waals surface area (Å²) in [5.41, 5.74) is 0.109. The fourth-order valence-corrected chi connectivity index (χ4v) is 2.03. The Kier molecular flexibility index (Phi) is 5.06. The SMILES string of the molecule is O=C(CNC(=O)C1CCOCC1)Nc1ccccc1F. The Labute approximate surface area is 116 Å². The normalized spacial score (nSPS) is 15.7. The fourth-order valence-electron chi connectivity index (χ4n) is 2.03. The maximum atomic E-state index is 13.3. The Hall–Kier alpha value is -1.95. The molecule has 1 heterocycles. The zero-order valence-corrected chi connectivity index (χ0v) is 11.0. The number of carbonyl (C=O) groups excluding carboxylic acids is 2. The minimum atomic E-state index is -0.503. The minimum Gasteiger partial charge on any atom is -0.381 e. The number of anilines is 1. The Bertz CT molecular complexity index is 487. The summed E-state index contributed by atoms with van der Waals surface area (Å²) in [6.07, 6.45) is 1.33. The maximum absolute atomic E-state index is 13.3. The van der Waals surface area contributed by atoms with Crippen molar-refractivity contribution in [3.8, 4) is 0 Å². The van der Waals surface area contributed by atoms with E-state index < -0.39 is 11.7 Å². The monoisotopic (exact) mass is 280 g/mol. The number of amides is 2. The van der Waals surface area contributed by atoms with Gasteiger partial charge in [0.1, 0.15) is 5.82 Å². The highest BCUT2D eigenvalue weighted by Gasteiger charge is 2.21. The summed E-state index contributed by atoms with van der Waals surface area (Å²) in [7, 11) is 0. The van der Waals surface area contributed by atoms with Gasteiger partial charge in [0.15, 0.2) is 0 Å². The Morgan fingerprint density at radius 2 is 1.95 bits per heavy atom. The topological polar surface area (TPSA) is 67.4 Å². The van der Waals surface area contributed by atoms with Crippen LogP contribution in [0.5, 0.6) is 0 Å². The number of rotatable bonds is 4. The van der Waals surface area contributed by atoms with Crippen LogP contribution in [-0.4, -0.2) is 31.6 Å². The lowest BCUT2D eigenvalue weighted by atomic mass is 9.99. The largest absolute Gasteiger partial charge is 0.381 e. The molecule has 0 atom stereocenters. The van der Waals surface area contributed by atoms with Crippen LogP contribution in [0, 0.1) is 11.7 Å². The summed E-state index contributed by atoms with van der Waals surface area (Å²) in [5, 5.41) is 4.98. The van der Waals surface area contributed by atoms with E-state index in [1.807, 2.05) is 0 Å². The highest BCUT2D eigenvalue weighted by Crippen LogP contribution is 2.14. The summed E-state index contributed by atoms with van der Waals surface area (Å²) in [5.74, 6) is -1.21. The van der Waals surface area contributed by atoms with Crippen LogP contribution in [0.15, 0.2) is 24.3 Å². The van der Waals surface area contributed by atoms with Gasteiger partial charge in [-0.1, -0.05) is 12.1 Å². The number of hydrogen-bond donors (Lipinski definition) is 2. The first-order chi connectivity index (χ1) is 9.66. The van der Waals surface area contributed by atoms with Gasteiger partial charge in [-0.25, -0.2) is 4.39 Å². The predicted molar refractivity (Wildman–Crippen MR) is 71.6 cm³/mol. The van der Waals surface area contributed by atoms with Gasteiger partial charge in [-0.3, -0.25) is 9.59 Å². The highest BCUT2D eigenvalue weighted by atomic mass is 19.1. The minimum absolute atomic E-state index is 0.106. The molecule has 0 saturated carbocycles. The Balaban J connectivity index is 1.77. The second-order valence-corrected chi connectivity index (χ2v) is 4.63. The molecule has 1 aromatic carbocycles. The zero-order valence-electron chi connectivity index (χ0n) is 11.0. The summed E-state index contributed by atoms with van der Waals surface area (Å²) < 4.78 is 18.5. The van der Waals surface area contributed by atoms with E-state index in [0.29, 0.717) is 26.1 Å². The Morgan fingerprint density at radius 3 is 2.65 bits per heavy atom. The first kappa shape index (κ1) is 14.5. The van der Waals surface area contributed by atoms with Crippen molar-refractivity contribution in [1.29, 1.82) is 0 Å². The van der Waals surface area contributed by atoms with Crippen LogP contribution in [0.3, 0.4) is 0 Å².